The molecule has 0 radical (unpaired) electrons. The molecule has 5 nitrogen and oxygen atoms in total. The number of benzene rings is 1. The highest BCUT2D eigenvalue weighted by atomic mass is 16.5. The summed E-state index contributed by atoms with van der Waals surface area (Å²) in [5.74, 6) is 1.76. The fraction of sp³-hybridized carbons (Fsp3) is 0.250. The first kappa shape index (κ1) is 14.7. The number of rotatable bonds is 5. The van der Waals surface area contributed by atoms with Gasteiger partial charge in [-0.3, -0.25) is 4.79 Å². The number of para-hydroxylation sites is 1. The van der Waals surface area contributed by atoms with Crippen LogP contribution in [0.15, 0.2) is 40.8 Å². The van der Waals surface area contributed by atoms with Crippen molar-refractivity contribution in [2.75, 3.05) is 13.7 Å². The lowest BCUT2D eigenvalue weighted by atomic mass is 10.2. The minimum atomic E-state index is -0.184. The molecule has 0 saturated carbocycles. The second kappa shape index (κ2) is 6.62. The molecule has 0 N–H and O–H groups in total. The van der Waals surface area contributed by atoms with E-state index < -0.39 is 0 Å². The number of hydrogen-bond acceptors (Lipinski definition) is 4. The number of amides is 1. The molecule has 0 aliphatic rings. The molecular weight excluding hydrogens is 268 g/mol. The number of nitriles is 1. The Morgan fingerprint density at radius 2 is 2.10 bits per heavy atom. The number of nitrogens with zero attached hydrogens (tertiary/aromatic N) is 2. The zero-order valence-corrected chi connectivity index (χ0v) is 12.0. The van der Waals surface area contributed by atoms with E-state index in [0.29, 0.717) is 17.9 Å². The van der Waals surface area contributed by atoms with E-state index in [0.717, 1.165) is 11.5 Å². The van der Waals surface area contributed by atoms with Crippen molar-refractivity contribution in [3.05, 3.63) is 53.5 Å². The molecule has 5 heteroatoms. The van der Waals surface area contributed by atoms with E-state index in [-0.39, 0.29) is 12.5 Å². The highest BCUT2D eigenvalue weighted by molar-refractivity contribution is 5.77. The minimum Gasteiger partial charge on any atom is -0.482 e. The Labute approximate surface area is 123 Å². The predicted molar refractivity (Wildman–Crippen MR) is 76.6 cm³/mol. The van der Waals surface area contributed by atoms with Gasteiger partial charge in [0.25, 0.3) is 5.91 Å². The maximum absolute atomic E-state index is 12.0. The molecule has 1 aromatic carbocycles. The van der Waals surface area contributed by atoms with Gasteiger partial charge in [-0.2, -0.15) is 5.26 Å². The monoisotopic (exact) mass is 284 g/mol. The molecular formula is C16H16N2O3. The maximum atomic E-state index is 12.0. The molecule has 0 spiro atoms. The molecule has 1 heterocycles. The van der Waals surface area contributed by atoms with Crippen LogP contribution in [0, 0.1) is 18.3 Å². The lowest BCUT2D eigenvalue weighted by Crippen LogP contribution is -2.30. The van der Waals surface area contributed by atoms with E-state index in [1.807, 2.05) is 25.1 Å². The lowest BCUT2D eigenvalue weighted by molar-refractivity contribution is -0.132. The molecule has 108 valence electrons. The number of carbonyl (C=O) groups is 1. The smallest absolute Gasteiger partial charge is 0.260 e. The number of aryl methyl sites for hydroxylation is 1. The summed E-state index contributed by atoms with van der Waals surface area (Å²) >= 11 is 0. The fourth-order valence-electron chi connectivity index (χ4n) is 1.83. The van der Waals surface area contributed by atoms with Gasteiger partial charge in [0.15, 0.2) is 6.61 Å². The molecule has 0 aliphatic carbocycles. The second-order valence-electron chi connectivity index (χ2n) is 4.66. The van der Waals surface area contributed by atoms with E-state index in [1.54, 1.807) is 31.3 Å². The Bertz CT molecular complexity index is 670. The molecule has 0 bridgehead atoms. The van der Waals surface area contributed by atoms with E-state index in [9.17, 15) is 4.79 Å². The van der Waals surface area contributed by atoms with Gasteiger partial charge in [0.05, 0.1) is 12.1 Å². The number of likely N-dealkylation sites (N-methyl/N-ethyl adjacent to an activating group) is 1. The van der Waals surface area contributed by atoms with E-state index in [1.165, 1.54) is 4.90 Å². The number of furan rings is 1. The SMILES string of the molecule is Cc1ccc(CN(C)C(=O)COc2ccccc2C#N)o1. The molecule has 2 aromatic rings. The van der Waals surface area contributed by atoms with Crippen LogP contribution in [0.1, 0.15) is 17.1 Å². The van der Waals surface area contributed by atoms with Crippen molar-refractivity contribution in [2.45, 2.75) is 13.5 Å². The molecule has 2 rings (SSSR count). The summed E-state index contributed by atoms with van der Waals surface area (Å²) in [7, 11) is 1.68. The van der Waals surface area contributed by atoms with Crippen LogP contribution in [-0.4, -0.2) is 24.5 Å². The molecule has 0 saturated heterocycles. The van der Waals surface area contributed by atoms with E-state index in [2.05, 4.69) is 0 Å². The van der Waals surface area contributed by atoms with Crippen molar-refractivity contribution < 1.29 is 13.9 Å². The maximum Gasteiger partial charge on any atom is 0.260 e. The van der Waals surface area contributed by atoms with Crippen LogP contribution in [0.5, 0.6) is 5.75 Å². The number of hydrogen-bond donors (Lipinski definition) is 0. The summed E-state index contributed by atoms with van der Waals surface area (Å²) in [5.41, 5.74) is 0.412. The zero-order valence-electron chi connectivity index (χ0n) is 12.0. The normalized spacial score (nSPS) is 9.95. The van der Waals surface area contributed by atoms with Crippen molar-refractivity contribution in [3.8, 4) is 11.8 Å². The van der Waals surface area contributed by atoms with Gasteiger partial charge in [-0.15, -0.1) is 0 Å². The zero-order chi connectivity index (χ0) is 15.2. The highest BCUT2D eigenvalue weighted by Gasteiger charge is 2.13. The molecule has 0 unspecified atom stereocenters. The van der Waals surface area contributed by atoms with Gasteiger partial charge in [0, 0.05) is 7.05 Å². The highest BCUT2D eigenvalue weighted by Crippen LogP contribution is 2.16. The third-order valence-corrected chi connectivity index (χ3v) is 2.97. The number of carbonyl (C=O) groups excluding carboxylic acids is 1. The Hall–Kier alpha value is -2.74. The van der Waals surface area contributed by atoms with Gasteiger partial charge in [0.2, 0.25) is 0 Å². The molecule has 1 aromatic heterocycles. The summed E-state index contributed by atoms with van der Waals surface area (Å²) < 4.78 is 10.8. The Morgan fingerprint density at radius 1 is 1.33 bits per heavy atom. The Morgan fingerprint density at radius 3 is 2.76 bits per heavy atom. The third kappa shape index (κ3) is 3.86. The molecule has 0 atom stereocenters. The second-order valence-corrected chi connectivity index (χ2v) is 4.66. The Kier molecular flexibility index (Phi) is 4.62. The molecule has 21 heavy (non-hydrogen) atoms. The van der Waals surface area contributed by atoms with Gasteiger partial charge in [-0.25, -0.2) is 0 Å². The van der Waals surface area contributed by atoms with Crippen molar-refractivity contribution in [3.63, 3.8) is 0 Å². The predicted octanol–water partition coefficient (Wildman–Crippen LogP) is 2.50. The van der Waals surface area contributed by atoms with Crippen LogP contribution in [0.4, 0.5) is 0 Å². The first-order chi connectivity index (χ1) is 10.1. The van der Waals surface area contributed by atoms with Gasteiger partial charge < -0.3 is 14.1 Å². The van der Waals surface area contributed by atoms with Crippen molar-refractivity contribution in [1.82, 2.24) is 4.90 Å². The van der Waals surface area contributed by atoms with Crippen LogP contribution >= 0.6 is 0 Å². The molecule has 1 amide bonds. The summed E-state index contributed by atoms with van der Waals surface area (Å²) in [4.78, 5) is 13.5. The van der Waals surface area contributed by atoms with Gasteiger partial charge in [-0.05, 0) is 31.2 Å². The quantitative estimate of drug-likeness (QED) is 0.846. The van der Waals surface area contributed by atoms with Crippen LogP contribution in [0.2, 0.25) is 0 Å². The summed E-state index contributed by atoms with van der Waals surface area (Å²) in [6.07, 6.45) is 0. The third-order valence-electron chi connectivity index (χ3n) is 2.97. The van der Waals surface area contributed by atoms with Crippen molar-refractivity contribution >= 4 is 5.91 Å². The average molecular weight is 284 g/mol. The number of ether oxygens (including phenoxy) is 1. The van der Waals surface area contributed by atoms with E-state index >= 15 is 0 Å². The Balaban J connectivity index is 1.91. The standard InChI is InChI=1S/C16H16N2O3/c1-12-7-8-14(21-12)10-18(2)16(19)11-20-15-6-4-3-5-13(15)9-17/h3-8H,10-11H2,1-2H3. The lowest BCUT2D eigenvalue weighted by Gasteiger charge is -2.16. The average Bonchev–Trinajstić information content (AvgIpc) is 2.90. The van der Waals surface area contributed by atoms with Crippen molar-refractivity contribution in [2.24, 2.45) is 0 Å². The van der Waals surface area contributed by atoms with Crippen LogP contribution in [-0.2, 0) is 11.3 Å². The van der Waals surface area contributed by atoms with Gasteiger partial charge in [-0.1, -0.05) is 12.1 Å². The van der Waals surface area contributed by atoms with Crippen molar-refractivity contribution in [1.29, 1.82) is 5.26 Å². The van der Waals surface area contributed by atoms with E-state index in [4.69, 9.17) is 14.4 Å². The fourth-order valence-corrected chi connectivity index (χ4v) is 1.83. The summed E-state index contributed by atoms with van der Waals surface area (Å²) in [6.45, 7) is 2.12. The van der Waals surface area contributed by atoms with Crippen LogP contribution in [0.25, 0.3) is 0 Å². The summed E-state index contributed by atoms with van der Waals surface area (Å²) in [5, 5.41) is 8.95. The summed E-state index contributed by atoms with van der Waals surface area (Å²) in [6, 6.07) is 12.5. The largest absolute Gasteiger partial charge is 0.482 e. The van der Waals surface area contributed by atoms with Crippen LogP contribution < -0.4 is 4.74 Å². The van der Waals surface area contributed by atoms with Crippen LogP contribution in [0.3, 0.4) is 0 Å². The first-order valence-corrected chi connectivity index (χ1v) is 6.51. The molecule has 0 aliphatic heterocycles. The topological polar surface area (TPSA) is 66.5 Å². The van der Waals surface area contributed by atoms with Gasteiger partial charge in [0.1, 0.15) is 23.3 Å². The first-order valence-electron chi connectivity index (χ1n) is 6.51. The molecule has 0 fully saturated rings. The van der Waals surface area contributed by atoms with Gasteiger partial charge >= 0.3 is 0 Å². The minimum absolute atomic E-state index is 0.116.